The molecule has 10 aromatic carbocycles. The van der Waals surface area contributed by atoms with Crippen LogP contribution in [-0.4, -0.2) is 9.13 Å². The third kappa shape index (κ3) is 6.06. The molecule has 4 heteroatoms. The minimum atomic E-state index is 1.12. The van der Waals surface area contributed by atoms with Crippen LogP contribution >= 0.6 is 0 Å². The van der Waals surface area contributed by atoms with E-state index in [1.807, 2.05) is 0 Å². The van der Waals surface area contributed by atoms with Gasteiger partial charge < -0.3 is 18.9 Å². The smallest absolute Gasteiger partial charge is 0.0742 e. The van der Waals surface area contributed by atoms with Crippen molar-refractivity contribution in [2.45, 2.75) is 0 Å². The summed E-state index contributed by atoms with van der Waals surface area (Å²) in [4.78, 5) is 4.62. The average Bonchev–Trinajstić information content (AvgIpc) is 3.82. The van der Waals surface area contributed by atoms with E-state index in [2.05, 4.69) is 264 Å². The van der Waals surface area contributed by atoms with E-state index in [4.69, 9.17) is 0 Å². The molecule has 0 radical (unpaired) electrons. The summed E-state index contributed by atoms with van der Waals surface area (Å²) >= 11 is 0. The quantitative estimate of drug-likeness (QED) is 0.152. The zero-order chi connectivity index (χ0) is 42.7. The molecule has 0 bridgehead atoms. The highest BCUT2D eigenvalue weighted by molar-refractivity contribution is 6.36. The van der Waals surface area contributed by atoms with Gasteiger partial charge in [-0.2, -0.15) is 0 Å². The fourth-order valence-electron chi connectivity index (χ4n) is 10.1. The van der Waals surface area contributed by atoms with Gasteiger partial charge in [0.05, 0.1) is 11.0 Å². The first kappa shape index (κ1) is 37.4. The molecular weight excluding hydrogens is 777 g/mol. The highest BCUT2D eigenvalue weighted by Crippen LogP contribution is 2.46. The molecule has 0 amide bonds. The zero-order valence-corrected chi connectivity index (χ0v) is 35.7. The highest BCUT2D eigenvalue weighted by atomic mass is 15.1. The van der Waals surface area contributed by atoms with E-state index in [0.717, 1.165) is 34.1 Å². The largest absolute Gasteiger partial charge is 0.342 e. The second kappa shape index (κ2) is 15.2. The molecule has 0 spiro atoms. The lowest BCUT2D eigenvalue weighted by atomic mass is 9.97. The number of fused-ring (bicyclic) bond motifs is 10. The fraction of sp³-hybridized carbons (Fsp3) is 0.0333. The van der Waals surface area contributed by atoms with Gasteiger partial charge in [-0.05, 0) is 118 Å². The van der Waals surface area contributed by atoms with Crippen molar-refractivity contribution < 1.29 is 0 Å². The molecule has 0 unspecified atom stereocenters. The molecule has 12 aromatic rings. The van der Waals surface area contributed by atoms with Crippen LogP contribution in [0.2, 0.25) is 0 Å². The Bertz CT molecular complexity index is 3320. The van der Waals surface area contributed by atoms with Crippen LogP contribution in [0.1, 0.15) is 0 Å². The number of rotatable bonds is 8. The fourth-order valence-corrected chi connectivity index (χ4v) is 10.1. The highest BCUT2D eigenvalue weighted by Gasteiger charge is 2.22. The summed E-state index contributed by atoms with van der Waals surface area (Å²) in [6.07, 6.45) is 0. The van der Waals surface area contributed by atoms with Crippen molar-refractivity contribution in [1.82, 2.24) is 9.13 Å². The van der Waals surface area contributed by atoms with Gasteiger partial charge in [-0.1, -0.05) is 146 Å². The minimum absolute atomic E-state index is 1.12. The van der Waals surface area contributed by atoms with Gasteiger partial charge in [0, 0.05) is 80.8 Å². The molecule has 2 heterocycles. The van der Waals surface area contributed by atoms with Gasteiger partial charge in [0.1, 0.15) is 0 Å². The van der Waals surface area contributed by atoms with Gasteiger partial charge in [0.15, 0.2) is 0 Å². The summed E-state index contributed by atoms with van der Waals surface area (Å²) in [5, 5.41) is 7.69. The summed E-state index contributed by atoms with van der Waals surface area (Å²) in [5.74, 6) is 0. The Morgan fingerprint density at radius 3 is 0.875 bits per heavy atom. The maximum Gasteiger partial charge on any atom is 0.0742 e. The van der Waals surface area contributed by atoms with E-state index in [0.29, 0.717) is 0 Å². The Balaban J connectivity index is 0.961. The normalized spacial score (nSPS) is 11.6. The van der Waals surface area contributed by atoms with E-state index in [1.165, 1.54) is 76.6 Å². The zero-order valence-electron chi connectivity index (χ0n) is 35.7. The van der Waals surface area contributed by atoms with Crippen LogP contribution in [-0.2, 0) is 14.1 Å². The molecule has 0 aliphatic heterocycles. The topological polar surface area (TPSA) is 16.3 Å². The predicted octanol–water partition coefficient (Wildman–Crippen LogP) is 16.4. The molecule has 4 nitrogen and oxygen atoms in total. The lowest BCUT2D eigenvalue weighted by Crippen LogP contribution is -2.09. The van der Waals surface area contributed by atoms with E-state index < -0.39 is 0 Å². The monoisotopic (exact) mass is 820 g/mol. The lowest BCUT2D eigenvalue weighted by molar-refractivity contribution is 0.987. The Morgan fingerprint density at radius 2 is 0.547 bits per heavy atom. The molecule has 12 rings (SSSR count). The Morgan fingerprint density at radius 1 is 0.266 bits per heavy atom. The van der Waals surface area contributed by atoms with Crippen LogP contribution in [0.4, 0.5) is 34.1 Å². The molecule has 304 valence electrons. The van der Waals surface area contributed by atoms with Crippen LogP contribution in [0.25, 0.3) is 76.6 Å². The number of benzene rings is 10. The SMILES string of the molecule is Cn1c2cc(-c3ccc(N(c4ccccc4)c4ccccc4)cc3)ccc2c2c3ccccc3c3c4ccc(-c5ccc(N(c6ccccc6)c6ccccc6)cc5)cc4n(C)c3c21. The van der Waals surface area contributed by atoms with Gasteiger partial charge in [-0.3, -0.25) is 0 Å². The van der Waals surface area contributed by atoms with Crippen molar-refractivity contribution in [2.24, 2.45) is 14.1 Å². The Labute approximate surface area is 372 Å². The minimum Gasteiger partial charge on any atom is -0.342 e. The maximum absolute atomic E-state index is 2.42. The third-order valence-corrected chi connectivity index (χ3v) is 13.1. The second-order valence-electron chi connectivity index (χ2n) is 16.7. The van der Waals surface area contributed by atoms with Crippen molar-refractivity contribution in [2.75, 3.05) is 9.80 Å². The predicted molar refractivity (Wildman–Crippen MR) is 272 cm³/mol. The molecule has 0 saturated heterocycles. The molecule has 0 fully saturated rings. The first-order valence-corrected chi connectivity index (χ1v) is 22.0. The van der Waals surface area contributed by atoms with E-state index in [1.54, 1.807) is 0 Å². The summed E-state index contributed by atoms with van der Waals surface area (Å²) < 4.78 is 4.85. The van der Waals surface area contributed by atoms with Crippen molar-refractivity contribution in [1.29, 1.82) is 0 Å². The Hall–Kier alpha value is -8.34. The van der Waals surface area contributed by atoms with Crippen LogP contribution in [0, 0.1) is 0 Å². The average molecular weight is 821 g/mol. The molecule has 2 aromatic heterocycles. The standard InChI is InChI=1S/C60H44N4/c1-61-55-39-43(41-27-33-49(34-28-41)63(45-17-7-3-8-18-45)46-19-9-4-10-20-46)31-37-53(55)57-51-25-15-16-26-52(51)58-54-38-32-44(40-56(54)62(2)60(58)59(57)61)42-29-35-50(36-30-42)64(47-21-11-5-12-22-47)48-23-13-6-14-24-48/h3-40H,1-2H3. The summed E-state index contributed by atoms with van der Waals surface area (Å²) in [5.41, 5.74) is 16.5. The number of para-hydroxylation sites is 4. The van der Waals surface area contributed by atoms with Gasteiger partial charge in [-0.15, -0.1) is 0 Å². The van der Waals surface area contributed by atoms with Crippen LogP contribution in [0.3, 0.4) is 0 Å². The van der Waals surface area contributed by atoms with Gasteiger partial charge in [0.2, 0.25) is 0 Å². The van der Waals surface area contributed by atoms with Gasteiger partial charge in [-0.25, -0.2) is 0 Å². The number of hydrogen-bond acceptors (Lipinski definition) is 2. The van der Waals surface area contributed by atoms with Gasteiger partial charge in [0.25, 0.3) is 0 Å². The first-order chi connectivity index (χ1) is 31.6. The summed E-state index contributed by atoms with van der Waals surface area (Å²) in [6, 6.07) is 83.2. The van der Waals surface area contributed by atoms with Crippen molar-refractivity contribution in [3.05, 3.63) is 231 Å². The number of hydrogen-bond donors (Lipinski definition) is 0. The molecule has 0 aliphatic carbocycles. The van der Waals surface area contributed by atoms with Crippen LogP contribution in [0.5, 0.6) is 0 Å². The third-order valence-electron chi connectivity index (χ3n) is 13.1. The molecule has 0 saturated carbocycles. The summed E-state index contributed by atoms with van der Waals surface area (Å²) in [7, 11) is 4.48. The Kier molecular flexibility index (Phi) is 8.91. The van der Waals surface area contributed by atoms with Crippen molar-refractivity contribution in [3.8, 4) is 22.3 Å². The number of aryl methyl sites for hydroxylation is 2. The van der Waals surface area contributed by atoms with Crippen LogP contribution < -0.4 is 9.80 Å². The van der Waals surface area contributed by atoms with Crippen molar-refractivity contribution >= 4 is 88.5 Å². The molecule has 64 heavy (non-hydrogen) atoms. The van der Waals surface area contributed by atoms with Gasteiger partial charge >= 0.3 is 0 Å². The molecule has 0 N–H and O–H groups in total. The molecule has 0 aliphatic rings. The van der Waals surface area contributed by atoms with E-state index >= 15 is 0 Å². The van der Waals surface area contributed by atoms with Crippen LogP contribution in [0.15, 0.2) is 231 Å². The second-order valence-corrected chi connectivity index (χ2v) is 16.7. The lowest BCUT2D eigenvalue weighted by Gasteiger charge is -2.25. The maximum atomic E-state index is 2.42. The van der Waals surface area contributed by atoms with E-state index in [-0.39, 0.29) is 0 Å². The number of aromatic nitrogens is 2. The number of anilines is 6. The van der Waals surface area contributed by atoms with Crippen molar-refractivity contribution in [3.63, 3.8) is 0 Å². The molecule has 0 atom stereocenters. The molecular formula is C60H44N4. The summed E-state index contributed by atoms with van der Waals surface area (Å²) in [6.45, 7) is 0. The van der Waals surface area contributed by atoms with E-state index in [9.17, 15) is 0 Å². The first-order valence-electron chi connectivity index (χ1n) is 22.0. The number of nitrogens with zero attached hydrogens (tertiary/aromatic N) is 4.